The van der Waals surface area contributed by atoms with Crippen LogP contribution in [-0.2, 0) is 34.5 Å². The van der Waals surface area contributed by atoms with Gasteiger partial charge >= 0.3 is 13.6 Å². The van der Waals surface area contributed by atoms with E-state index in [0.717, 1.165) is 18.6 Å². The van der Waals surface area contributed by atoms with Crippen LogP contribution in [0.4, 0.5) is 0 Å². The highest BCUT2D eigenvalue weighted by Crippen LogP contribution is 2.64. The largest absolute Gasteiger partial charge is 0.467 e. The summed E-state index contributed by atoms with van der Waals surface area (Å²) in [5, 5.41) is -0.747. The number of rotatable bonds is 15. The Bertz CT molecular complexity index is 609. The van der Waals surface area contributed by atoms with E-state index in [0.29, 0.717) is 11.3 Å². The lowest BCUT2D eigenvalue weighted by atomic mass is 10.1. The second-order valence-electron chi connectivity index (χ2n) is 5.95. The normalized spacial score (nSPS) is 14.0. The minimum Gasteiger partial charge on any atom is -0.467 e. The van der Waals surface area contributed by atoms with E-state index < -0.39 is 24.5 Å². The first kappa shape index (κ1) is 25.2. The van der Waals surface area contributed by atoms with Crippen LogP contribution >= 0.6 is 19.4 Å². The molecule has 0 fully saturated rings. The van der Waals surface area contributed by atoms with E-state index >= 15 is 0 Å². The van der Waals surface area contributed by atoms with Crippen LogP contribution < -0.4 is 0 Å². The lowest BCUT2D eigenvalue weighted by molar-refractivity contribution is -0.142. The van der Waals surface area contributed by atoms with Gasteiger partial charge in [-0.2, -0.15) is 0 Å². The van der Waals surface area contributed by atoms with Crippen molar-refractivity contribution in [3.8, 4) is 0 Å². The van der Waals surface area contributed by atoms with E-state index in [1.54, 1.807) is 33.9 Å². The SMILES string of the molecule is CCCCSC(C(=O)OCC)C(c1ccoc1COC)P(=O)(OCC)OCC. The summed E-state index contributed by atoms with van der Waals surface area (Å²) in [4.78, 5) is 12.9. The van der Waals surface area contributed by atoms with Crippen LogP contribution in [0.3, 0.4) is 0 Å². The molecule has 0 spiro atoms. The molecule has 28 heavy (non-hydrogen) atoms. The Labute approximate surface area is 172 Å². The molecule has 1 aromatic rings. The molecule has 0 aromatic carbocycles. The summed E-state index contributed by atoms with van der Waals surface area (Å²) in [6, 6.07) is 1.70. The van der Waals surface area contributed by atoms with Gasteiger partial charge in [-0.3, -0.25) is 9.36 Å². The fourth-order valence-electron chi connectivity index (χ4n) is 2.79. The average Bonchev–Trinajstić information content (AvgIpc) is 3.09. The van der Waals surface area contributed by atoms with Crippen molar-refractivity contribution in [2.24, 2.45) is 0 Å². The summed E-state index contributed by atoms with van der Waals surface area (Å²) >= 11 is 1.42. The molecule has 9 heteroatoms. The van der Waals surface area contributed by atoms with Gasteiger partial charge in [-0.25, -0.2) is 0 Å². The first-order valence-electron chi connectivity index (χ1n) is 9.71. The van der Waals surface area contributed by atoms with Crippen molar-refractivity contribution < 1.29 is 32.3 Å². The van der Waals surface area contributed by atoms with Crippen molar-refractivity contribution in [2.45, 2.75) is 58.1 Å². The Morgan fingerprint density at radius 1 is 1.18 bits per heavy atom. The van der Waals surface area contributed by atoms with Gasteiger partial charge in [0, 0.05) is 12.7 Å². The predicted octanol–water partition coefficient (Wildman–Crippen LogP) is 5.20. The molecule has 7 nitrogen and oxygen atoms in total. The Hall–Kier alpha value is -0.790. The van der Waals surface area contributed by atoms with Gasteiger partial charge in [0.1, 0.15) is 23.3 Å². The summed E-state index contributed by atoms with van der Waals surface area (Å²) in [5.74, 6) is 0.793. The maximum absolute atomic E-state index is 13.8. The van der Waals surface area contributed by atoms with Crippen LogP contribution in [0.15, 0.2) is 16.7 Å². The van der Waals surface area contributed by atoms with Gasteiger partial charge < -0.3 is 22.9 Å². The lowest BCUT2D eigenvalue weighted by Gasteiger charge is -2.31. The van der Waals surface area contributed by atoms with Crippen molar-refractivity contribution in [1.82, 2.24) is 0 Å². The Morgan fingerprint density at radius 2 is 1.86 bits per heavy atom. The molecule has 2 unspecified atom stereocenters. The standard InChI is InChI=1S/C19H33O7PS/c1-6-10-13-28-18(19(20)23-7-2)17(27(21,25-8-3)26-9-4)15-11-12-24-16(15)14-22-5/h11-12,17-18H,6-10,13-14H2,1-5H3. The molecule has 1 aromatic heterocycles. The summed E-state index contributed by atoms with van der Waals surface area (Å²) in [5.41, 5.74) is -0.258. The summed E-state index contributed by atoms with van der Waals surface area (Å²) in [6.07, 6.45) is 3.41. The number of carbonyl (C=O) groups excluding carboxylic acids is 1. The minimum atomic E-state index is -3.69. The van der Waals surface area contributed by atoms with Crippen molar-refractivity contribution in [1.29, 1.82) is 0 Å². The van der Waals surface area contributed by atoms with E-state index in [4.69, 9.17) is 22.9 Å². The number of hydrogen-bond acceptors (Lipinski definition) is 8. The zero-order valence-corrected chi connectivity index (χ0v) is 19.2. The number of ether oxygens (including phenoxy) is 2. The van der Waals surface area contributed by atoms with Crippen LogP contribution in [0.5, 0.6) is 0 Å². The molecule has 0 amide bonds. The van der Waals surface area contributed by atoms with E-state index in [9.17, 15) is 9.36 Å². The molecule has 0 N–H and O–H groups in total. The molecule has 1 rings (SSSR count). The summed E-state index contributed by atoms with van der Waals surface area (Å²) < 4.78 is 41.1. The van der Waals surface area contributed by atoms with E-state index in [-0.39, 0.29) is 26.4 Å². The molecule has 2 atom stereocenters. The maximum atomic E-state index is 13.8. The Balaban J connectivity index is 3.47. The molecular formula is C19H33O7PS. The maximum Gasteiger partial charge on any atom is 0.339 e. The molecule has 0 bridgehead atoms. The zero-order valence-electron chi connectivity index (χ0n) is 17.5. The number of furan rings is 1. The number of methoxy groups -OCH3 is 1. The predicted molar refractivity (Wildman–Crippen MR) is 111 cm³/mol. The number of esters is 1. The van der Waals surface area contributed by atoms with Crippen LogP contribution in [0.2, 0.25) is 0 Å². The van der Waals surface area contributed by atoms with Gasteiger partial charge in [0.2, 0.25) is 0 Å². The van der Waals surface area contributed by atoms with E-state index in [2.05, 4.69) is 6.92 Å². The Morgan fingerprint density at radius 3 is 2.39 bits per heavy atom. The molecule has 0 aliphatic rings. The molecular weight excluding hydrogens is 403 g/mol. The first-order chi connectivity index (χ1) is 13.5. The van der Waals surface area contributed by atoms with Gasteiger partial charge in [0.15, 0.2) is 0 Å². The third kappa shape index (κ3) is 6.92. The van der Waals surface area contributed by atoms with Gasteiger partial charge in [0.25, 0.3) is 0 Å². The monoisotopic (exact) mass is 436 g/mol. The second kappa shape index (κ2) is 13.4. The van der Waals surface area contributed by atoms with E-state index in [1.807, 2.05) is 0 Å². The van der Waals surface area contributed by atoms with E-state index in [1.165, 1.54) is 18.0 Å². The second-order valence-corrected chi connectivity index (χ2v) is 9.35. The third-order valence-corrected chi connectivity index (χ3v) is 7.98. The van der Waals surface area contributed by atoms with Gasteiger partial charge in [-0.05, 0) is 39.0 Å². The summed E-state index contributed by atoms with van der Waals surface area (Å²) in [6.45, 7) is 8.14. The lowest BCUT2D eigenvalue weighted by Crippen LogP contribution is -2.29. The van der Waals surface area contributed by atoms with Crippen LogP contribution in [0.1, 0.15) is 57.5 Å². The molecule has 0 aliphatic carbocycles. The Kier molecular flexibility index (Phi) is 12.1. The fraction of sp³-hybridized carbons (Fsp3) is 0.737. The molecule has 0 saturated carbocycles. The number of carbonyl (C=O) groups is 1. The highest BCUT2D eigenvalue weighted by Gasteiger charge is 2.48. The highest BCUT2D eigenvalue weighted by molar-refractivity contribution is 8.00. The fourth-order valence-corrected chi connectivity index (χ4v) is 6.87. The smallest absolute Gasteiger partial charge is 0.339 e. The molecule has 0 radical (unpaired) electrons. The van der Waals surface area contributed by atoms with Crippen LogP contribution in [0, 0.1) is 0 Å². The van der Waals surface area contributed by atoms with Crippen molar-refractivity contribution in [3.05, 3.63) is 23.7 Å². The first-order valence-corrected chi connectivity index (χ1v) is 12.4. The van der Waals surface area contributed by atoms with Crippen LogP contribution in [-0.4, -0.2) is 43.9 Å². The summed E-state index contributed by atoms with van der Waals surface area (Å²) in [7, 11) is -2.14. The van der Waals surface area contributed by atoms with Crippen LogP contribution in [0.25, 0.3) is 0 Å². The number of unbranched alkanes of at least 4 members (excludes halogenated alkanes) is 1. The molecule has 1 heterocycles. The third-order valence-electron chi connectivity index (χ3n) is 3.93. The molecule has 0 saturated heterocycles. The van der Waals surface area contributed by atoms with Crippen molar-refractivity contribution >= 4 is 25.3 Å². The van der Waals surface area contributed by atoms with Gasteiger partial charge in [-0.15, -0.1) is 11.8 Å². The number of thioether (sulfide) groups is 1. The average molecular weight is 437 g/mol. The minimum absolute atomic E-state index is 0.187. The van der Waals surface area contributed by atoms with Crippen molar-refractivity contribution in [2.75, 3.05) is 32.7 Å². The highest BCUT2D eigenvalue weighted by atomic mass is 32.2. The molecule has 162 valence electrons. The topological polar surface area (TPSA) is 84.2 Å². The van der Waals surface area contributed by atoms with Gasteiger partial charge in [0.05, 0.1) is 26.1 Å². The van der Waals surface area contributed by atoms with Gasteiger partial charge in [-0.1, -0.05) is 13.3 Å². The van der Waals surface area contributed by atoms with Crippen molar-refractivity contribution in [3.63, 3.8) is 0 Å². The number of hydrogen-bond donors (Lipinski definition) is 0. The zero-order chi connectivity index (χ0) is 21.0. The quantitative estimate of drug-likeness (QED) is 0.211. The molecule has 0 aliphatic heterocycles.